The van der Waals surface area contributed by atoms with Gasteiger partial charge >= 0.3 is 0 Å². The summed E-state index contributed by atoms with van der Waals surface area (Å²) in [5.41, 5.74) is 8.02. The normalized spacial score (nSPS) is 16.4. The number of nitrogens with one attached hydrogen (secondary N) is 1. The highest BCUT2D eigenvalue weighted by molar-refractivity contribution is 8.26. The molecule has 1 fully saturated rings. The Morgan fingerprint density at radius 2 is 1.92 bits per heavy atom. The molecule has 1 aromatic carbocycles. The summed E-state index contributed by atoms with van der Waals surface area (Å²) < 4.78 is 5.72. The monoisotopic (exact) mass is 543 g/mol. The molecule has 1 saturated heterocycles. The lowest BCUT2D eigenvalue weighted by atomic mass is 9.95. The van der Waals surface area contributed by atoms with E-state index in [1.165, 1.54) is 23.1 Å². The minimum Gasteiger partial charge on any atom is -0.497 e. The number of primary amides is 1. The molecule has 36 heavy (non-hydrogen) atoms. The number of hydrogen-bond donors (Lipinski definition) is 2. The van der Waals surface area contributed by atoms with E-state index in [4.69, 9.17) is 22.7 Å². The van der Waals surface area contributed by atoms with Crippen LogP contribution in [-0.2, 0) is 22.4 Å². The summed E-state index contributed by atoms with van der Waals surface area (Å²) in [6.45, 7) is 0.524. The topological polar surface area (TPSA) is 102 Å². The van der Waals surface area contributed by atoms with Crippen LogP contribution in [0.1, 0.15) is 64.9 Å². The summed E-state index contributed by atoms with van der Waals surface area (Å²) in [6, 6.07) is 7.50. The van der Waals surface area contributed by atoms with Gasteiger partial charge in [0.05, 0.1) is 17.6 Å². The number of fused-ring (bicyclic) bond motifs is 1. The first kappa shape index (κ1) is 26.4. The largest absolute Gasteiger partial charge is 0.497 e. The van der Waals surface area contributed by atoms with Crippen LogP contribution >= 0.6 is 35.3 Å². The summed E-state index contributed by atoms with van der Waals surface area (Å²) in [7, 11) is 1.61. The van der Waals surface area contributed by atoms with Crippen LogP contribution in [0.5, 0.6) is 5.75 Å². The third kappa shape index (κ3) is 6.16. The van der Waals surface area contributed by atoms with E-state index in [0.29, 0.717) is 39.2 Å². The zero-order valence-corrected chi connectivity index (χ0v) is 22.6. The second-order valence-corrected chi connectivity index (χ2v) is 11.5. The molecule has 0 spiro atoms. The summed E-state index contributed by atoms with van der Waals surface area (Å²) in [6.07, 6.45) is 8.30. The maximum Gasteiger partial charge on any atom is 0.266 e. The fraction of sp³-hybridized carbons (Fsp3) is 0.385. The molecule has 0 saturated carbocycles. The van der Waals surface area contributed by atoms with Gasteiger partial charge in [-0.15, -0.1) is 11.3 Å². The molecule has 0 unspecified atom stereocenters. The Morgan fingerprint density at radius 3 is 2.64 bits per heavy atom. The molecule has 2 aliphatic rings. The van der Waals surface area contributed by atoms with Gasteiger partial charge in [-0.05, 0) is 67.9 Å². The Balaban J connectivity index is 1.23. The zero-order chi connectivity index (χ0) is 25.7. The van der Waals surface area contributed by atoms with Crippen LogP contribution in [-0.4, -0.2) is 40.6 Å². The number of aryl methyl sites for hydroxylation is 1. The number of methoxy groups -OCH3 is 1. The van der Waals surface area contributed by atoms with Crippen LogP contribution < -0.4 is 15.8 Å². The van der Waals surface area contributed by atoms with E-state index in [1.54, 1.807) is 12.0 Å². The van der Waals surface area contributed by atoms with E-state index in [2.05, 4.69) is 5.32 Å². The molecule has 2 heterocycles. The van der Waals surface area contributed by atoms with Gasteiger partial charge in [-0.3, -0.25) is 19.3 Å². The number of unbranched alkanes of at least 4 members (excludes halogenated alkanes) is 2. The van der Waals surface area contributed by atoms with Crippen molar-refractivity contribution in [1.29, 1.82) is 0 Å². The molecule has 1 aromatic heterocycles. The lowest BCUT2D eigenvalue weighted by Crippen LogP contribution is -2.29. The highest BCUT2D eigenvalue weighted by Gasteiger charge is 2.31. The zero-order valence-electron chi connectivity index (χ0n) is 20.1. The van der Waals surface area contributed by atoms with Crippen molar-refractivity contribution in [3.8, 4) is 5.75 Å². The smallest absolute Gasteiger partial charge is 0.266 e. The van der Waals surface area contributed by atoms with Crippen LogP contribution in [0.2, 0.25) is 0 Å². The average molecular weight is 544 g/mol. The number of nitrogens with two attached hydrogens (primary N) is 1. The van der Waals surface area contributed by atoms with Gasteiger partial charge in [0.15, 0.2) is 0 Å². The Hall–Kier alpha value is -2.69. The number of thioether (sulfide) groups is 1. The number of nitrogens with zero attached hydrogens (tertiary/aromatic N) is 1. The maximum absolute atomic E-state index is 12.8. The highest BCUT2D eigenvalue weighted by Crippen LogP contribution is 2.38. The summed E-state index contributed by atoms with van der Waals surface area (Å²) in [5, 5.41) is 3.49. The summed E-state index contributed by atoms with van der Waals surface area (Å²) in [4.78, 5) is 40.7. The number of ether oxygens (including phenoxy) is 1. The quantitative estimate of drug-likeness (QED) is 0.245. The van der Waals surface area contributed by atoms with Crippen molar-refractivity contribution in [1.82, 2.24) is 4.90 Å². The number of anilines is 1. The molecule has 7 nitrogen and oxygen atoms in total. The summed E-state index contributed by atoms with van der Waals surface area (Å²) >= 11 is 8.20. The lowest BCUT2D eigenvalue weighted by Gasteiger charge is -2.14. The second kappa shape index (κ2) is 12.0. The van der Waals surface area contributed by atoms with E-state index in [1.807, 2.05) is 30.3 Å². The molecule has 0 bridgehead atoms. The molecule has 3 amide bonds. The fourth-order valence-corrected chi connectivity index (χ4v) is 7.00. The number of benzene rings is 1. The van der Waals surface area contributed by atoms with E-state index in [9.17, 15) is 14.4 Å². The van der Waals surface area contributed by atoms with Gasteiger partial charge in [0.1, 0.15) is 15.1 Å². The Morgan fingerprint density at radius 1 is 1.17 bits per heavy atom. The van der Waals surface area contributed by atoms with Crippen molar-refractivity contribution in [2.24, 2.45) is 5.73 Å². The first-order valence-corrected chi connectivity index (χ1v) is 14.0. The van der Waals surface area contributed by atoms with Crippen LogP contribution in [0.25, 0.3) is 6.08 Å². The Bertz CT molecular complexity index is 1200. The number of thiocarbonyl (C=S) groups is 1. The molecule has 0 radical (unpaired) electrons. The predicted molar refractivity (Wildman–Crippen MR) is 149 cm³/mol. The van der Waals surface area contributed by atoms with E-state index >= 15 is 0 Å². The van der Waals surface area contributed by atoms with Gasteiger partial charge in [-0.1, -0.05) is 42.5 Å². The SMILES string of the molecule is COc1ccc(C=C2SC(=S)N(CCCCCC(=O)Nc3sc4c(c3C(N)=O)CCCC4)C2=O)cc1. The van der Waals surface area contributed by atoms with Gasteiger partial charge < -0.3 is 15.8 Å². The minimum absolute atomic E-state index is 0.0841. The molecule has 3 N–H and O–H groups in total. The highest BCUT2D eigenvalue weighted by atomic mass is 32.2. The van der Waals surface area contributed by atoms with Gasteiger partial charge in [-0.2, -0.15) is 0 Å². The molecular formula is C26H29N3O4S3. The van der Waals surface area contributed by atoms with E-state index < -0.39 is 5.91 Å². The minimum atomic E-state index is -0.478. The van der Waals surface area contributed by atoms with Crippen molar-refractivity contribution in [2.45, 2.75) is 51.4 Å². The van der Waals surface area contributed by atoms with Crippen molar-refractivity contribution >= 4 is 68.4 Å². The molecule has 4 rings (SSSR count). The van der Waals surface area contributed by atoms with Crippen LogP contribution in [0.4, 0.5) is 5.00 Å². The standard InChI is InChI=1S/C26H29N3O4S3/c1-33-17-12-10-16(11-13-17)15-20-25(32)29(26(34)36-20)14-6-2-3-9-21(30)28-24-22(23(27)31)18-7-4-5-8-19(18)35-24/h10-13,15H,2-9,14H2,1H3,(H2,27,31)(H,28,30). The van der Waals surface area contributed by atoms with Crippen LogP contribution in [0.3, 0.4) is 0 Å². The molecule has 1 aliphatic heterocycles. The first-order valence-electron chi connectivity index (χ1n) is 12.0. The predicted octanol–water partition coefficient (Wildman–Crippen LogP) is 5.13. The van der Waals surface area contributed by atoms with Gasteiger partial charge in [-0.25, -0.2) is 0 Å². The van der Waals surface area contributed by atoms with Crippen molar-refractivity contribution in [2.75, 3.05) is 19.0 Å². The van der Waals surface area contributed by atoms with E-state index in [0.717, 1.165) is 60.3 Å². The molecule has 190 valence electrons. The van der Waals surface area contributed by atoms with Gasteiger partial charge in [0, 0.05) is 17.8 Å². The third-order valence-electron chi connectivity index (χ3n) is 6.24. The third-order valence-corrected chi connectivity index (χ3v) is 8.83. The molecule has 0 atom stereocenters. The average Bonchev–Trinajstić information content (AvgIpc) is 3.35. The van der Waals surface area contributed by atoms with Crippen LogP contribution in [0.15, 0.2) is 29.2 Å². The first-order chi connectivity index (χ1) is 17.4. The van der Waals surface area contributed by atoms with Crippen molar-refractivity contribution < 1.29 is 19.1 Å². The molecule has 2 aromatic rings. The maximum atomic E-state index is 12.8. The number of carbonyl (C=O) groups excluding carboxylic acids is 3. The van der Waals surface area contributed by atoms with Crippen molar-refractivity contribution in [3.63, 3.8) is 0 Å². The number of hydrogen-bond acceptors (Lipinski definition) is 7. The number of thiophene rings is 1. The number of amides is 3. The second-order valence-electron chi connectivity index (χ2n) is 8.74. The fourth-order valence-electron chi connectivity index (χ4n) is 4.38. The Labute approximate surface area is 224 Å². The summed E-state index contributed by atoms with van der Waals surface area (Å²) in [5.74, 6) is 0.0776. The van der Waals surface area contributed by atoms with E-state index in [-0.39, 0.29) is 11.8 Å². The van der Waals surface area contributed by atoms with Gasteiger partial charge in [0.25, 0.3) is 11.8 Å². The molecule has 10 heteroatoms. The lowest BCUT2D eigenvalue weighted by molar-refractivity contribution is -0.122. The van der Waals surface area contributed by atoms with Crippen LogP contribution in [0, 0.1) is 0 Å². The molecule has 1 aliphatic carbocycles. The van der Waals surface area contributed by atoms with Gasteiger partial charge in [0.2, 0.25) is 5.91 Å². The number of carbonyl (C=O) groups is 3. The molecular weight excluding hydrogens is 515 g/mol. The Kier molecular flexibility index (Phi) is 8.81. The van der Waals surface area contributed by atoms with Crippen molar-refractivity contribution in [3.05, 3.63) is 50.7 Å². The number of rotatable bonds is 10.